The van der Waals surface area contributed by atoms with Gasteiger partial charge in [-0.25, -0.2) is 0 Å². The molecule has 0 aromatic heterocycles. The Kier molecular flexibility index (Phi) is 5.51. The third kappa shape index (κ3) is 4.38. The van der Waals surface area contributed by atoms with Crippen LogP contribution in [-0.2, 0) is 4.74 Å². The monoisotopic (exact) mass is 159 g/mol. The highest BCUT2D eigenvalue weighted by molar-refractivity contribution is 4.73. The molecule has 0 aromatic carbocycles. The number of hydrogen-bond donors (Lipinski definition) is 1. The van der Waals surface area contributed by atoms with E-state index in [-0.39, 0.29) is 5.60 Å². The second-order valence-corrected chi connectivity index (χ2v) is 3.26. The molecule has 0 aliphatic rings. The predicted molar refractivity (Wildman–Crippen MR) is 48.4 cm³/mol. The van der Waals surface area contributed by atoms with Gasteiger partial charge in [-0.05, 0) is 19.8 Å². The molecule has 0 bridgehead atoms. The van der Waals surface area contributed by atoms with Gasteiger partial charge in [0, 0.05) is 0 Å². The van der Waals surface area contributed by atoms with Gasteiger partial charge in [-0.1, -0.05) is 26.7 Å². The molecule has 0 amide bonds. The van der Waals surface area contributed by atoms with Gasteiger partial charge in [0.1, 0.15) is 0 Å². The molecular formula is C9H21NO. The van der Waals surface area contributed by atoms with Crippen LogP contribution >= 0.6 is 0 Å². The molecule has 0 rings (SSSR count). The Balaban J connectivity index is 3.79. The lowest BCUT2D eigenvalue weighted by atomic mass is 9.95. The van der Waals surface area contributed by atoms with Crippen LogP contribution < -0.4 is 5.73 Å². The molecular weight excluding hydrogens is 138 g/mol. The average molecular weight is 159 g/mol. The van der Waals surface area contributed by atoms with E-state index in [0.29, 0.717) is 6.73 Å². The second kappa shape index (κ2) is 5.56. The summed E-state index contributed by atoms with van der Waals surface area (Å²) in [5.41, 5.74) is 5.38. The molecule has 0 aliphatic carbocycles. The van der Waals surface area contributed by atoms with Gasteiger partial charge >= 0.3 is 0 Å². The van der Waals surface area contributed by atoms with Crippen molar-refractivity contribution in [3.63, 3.8) is 0 Å². The van der Waals surface area contributed by atoms with E-state index >= 15 is 0 Å². The molecule has 0 aliphatic heterocycles. The smallest absolute Gasteiger partial charge is 0.0947 e. The van der Waals surface area contributed by atoms with Crippen LogP contribution in [0, 0.1) is 0 Å². The van der Waals surface area contributed by atoms with Gasteiger partial charge in [-0.2, -0.15) is 0 Å². The van der Waals surface area contributed by atoms with Crippen molar-refractivity contribution in [3.05, 3.63) is 0 Å². The van der Waals surface area contributed by atoms with Crippen molar-refractivity contribution in [3.8, 4) is 0 Å². The highest BCUT2D eigenvalue weighted by Crippen LogP contribution is 2.22. The van der Waals surface area contributed by atoms with Crippen LogP contribution in [0.4, 0.5) is 0 Å². The van der Waals surface area contributed by atoms with E-state index in [1.807, 2.05) is 0 Å². The fourth-order valence-electron chi connectivity index (χ4n) is 1.53. The third-order valence-electron chi connectivity index (χ3n) is 1.99. The van der Waals surface area contributed by atoms with E-state index < -0.39 is 0 Å². The number of nitrogens with two attached hydrogens (primary N) is 1. The summed E-state index contributed by atoms with van der Waals surface area (Å²) in [4.78, 5) is 0. The normalized spacial score (nSPS) is 12.0. The third-order valence-corrected chi connectivity index (χ3v) is 1.99. The summed E-state index contributed by atoms with van der Waals surface area (Å²) in [6.45, 7) is 6.84. The Hall–Kier alpha value is -0.0800. The predicted octanol–water partition coefficient (Wildman–Crippen LogP) is 2.28. The van der Waals surface area contributed by atoms with E-state index in [1.165, 1.54) is 0 Å². The van der Waals surface area contributed by atoms with Crippen LogP contribution in [0.25, 0.3) is 0 Å². The fraction of sp³-hybridized carbons (Fsp3) is 1.00. The lowest BCUT2D eigenvalue weighted by Gasteiger charge is -2.28. The molecule has 68 valence electrons. The Morgan fingerprint density at radius 2 is 1.64 bits per heavy atom. The number of ether oxygens (including phenoxy) is 1. The Morgan fingerprint density at radius 3 is 1.91 bits per heavy atom. The van der Waals surface area contributed by atoms with Crippen molar-refractivity contribution < 1.29 is 4.74 Å². The molecule has 2 N–H and O–H groups in total. The first-order valence-corrected chi connectivity index (χ1v) is 4.52. The average Bonchev–Trinajstić information content (AvgIpc) is 1.88. The molecule has 0 spiro atoms. The maximum atomic E-state index is 5.49. The zero-order valence-corrected chi connectivity index (χ0v) is 8.02. The van der Waals surface area contributed by atoms with E-state index in [9.17, 15) is 0 Å². The van der Waals surface area contributed by atoms with Gasteiger partial charge in [0.05, 0.1) is 12.3 Å². The summed E-state index contributed by atoms with van der Waals surface area (Å²) in [6, 6.07) is 0. The molecule has 0 radical (unpaired) electrons. The first-order chi connectivity index (χ1) is 5.18. The van der Waals surface area contributed by atoms with Crippen molar-refractivity contribution in [1.29, 1.82) is 0 Å². The zero-order chi connectivity index (χ0) is 8.74. The van der Waals surface area contributed by atoms with Crippen LogP contribution in [0.15, 0.2) is 0 Å². The minimum Gasteiger partial charge on any atom is -0.360 e. The largest absolute Gasteiger partial charge is 0.360 e. The Morgan fingerprint density at radius 1 is 1.18 bits per heavy atom. The minimum absolute atomic E-state index is 0.0260. The first-order valence-electron chi connectivity index (χ1n) is 4.52. The van der Waals surface area contributed by atoms with Crippen LogP contribution in [-0.4, -0.2) is 12.3 Å². The van der Waals surface area contributed by atoms with Gasteiger partial charge in [-0.3, -0.25) is 0 Å². The summed E-state index contributed by atoms with van der Waals surface area (Å²) in [5.74, 6) is 0. The lowest BCUT2D eigenvalue weighted by molar-refractivity contribution is -0.0414. The molecule has 0 unspecified atom stereocenters. The molecule has 0 aromatic rings. The molecule has 0 saturated heterocycles. The van der Waals surface area contributed by atoms with Crippen LogP contribution in [0.1, 0.15) is 46.5 Å². The maximum absolute atomic E-state index is 5.49. The van der Waals surface area contributed by atoms with Gasteiger partial charge in [0.15, 0.2) is 0 Å². The van der Waals surface area contributed by atoms with Crippen molar-refractivity contribution in [2.75, 3.05) is 6.73 Å². The summed E-state index contributed by atoms with van der Waals surface area (Å²) >= 11 is 0. The summed E-state index contributed by atoms with van der Waals surface area (Å²) in [6.07, 6.45) is 4.54. The summed E-state index contributed by atoms with van der Waals surface area (Å²) in [7, 11) is 0. The van der Waals surface area contributed by atoms with Gasteiger partial charge in [0.2, 0.25) is 0 Å². The second-order valence-electron chi connectivity index (χ2n) is 3.26. The zero-order valence-electron chi connectivity index (χ0n) is 8.02. The lowest BCUT2D eigenvalue weighted by Crippen LogP contribution is -2.31. The Labute approximate surface area is 70.1 Å². The molecule has 11 heavy (non-hydrogen) atoms. The first kappa shape index (κ1) is 10.9. The highest BCUT2D eigenvalue weighted by Gasteiger charge is 2.21. The topological polar surface area (TPSA) is 35.2 Å². The van der Waals surface area contributed by atoms with Crippen molar-refractivity contribution in [1.82, 2.24) is 0 Å². The van der Waals surface area contributed by atoms with Crippen LogP contribution in [0.5, 0.6) is 0 Å². The minimum atomic E-state index is 0.0260. The summed E-state index contributed by atoms with van der Waals surface area (Å²) in [5, 5.41) is 0. The highest BCUT2D eigenvalue weighted by atomic mass is 16.5. The maximum Gasteiger partial charge on any atom is 0.0947 e. The number of rotatable bonds is 6. The molecule has 0 fully saturated rings. The molecule has 0 heterocycles. The van der Waals surface area contributed by atoms with Crippen molar-refractivity contribution in [2.24, 2.45) is 5.73 Å². The van der Waals surface area contributed by atoms with Crippen LogP contribution in [0.2, 0.25) is 0 Å². The number of hydrogen-bond acceptors (Lipinski definition) is 2. The fourth-order valence-corrected chi connectivity index (χ4v) is 1.53. The SMILES string of the molecule is CCCC(C)(CCC)OCN. The van der Waals surface area contributed by atoms with Gasteiger partial charge in [-0.15, -0.1) is 0 Å². The molecule has 0 atom stereocenters. The standard InChI is InChI=1S/C9H21NO/c1-4-6-9(3,7-5-2)11-8-10/h4-8,10H2,1-3H3. The molecule has 2 nitrogen and oxygen atoms in total. The quantitative estimate of drug-likeness (QED) is 0.603. The van der Waals surface area contributed by atoms with Crippen LogP contribution in [0.3, 0.4) is 0 Å². The molecule has 0 saturated carbocycles. The van der Waals surface area contributed by atoms with E-state index in [2.05, 4.69) is 20.8 Å². The summed E-state index contributed by atoms with van der Waals surface area (Å²) < 4.78 is 5.49. The van der Waals surface area contributed by atoms with Gasteiger partial charge < -0.3 is 10.5 Å². The van der Waals surface area contributed by atoms with E-state index in [4.69, 9.17) is 10.5 Å². The van der Waals surface area contributed by atoms with Crippen molar-refractivity contribution in [2.45, 2.75) is 52.1 Å². The van der Waals surface area contributed by atoms with Gasteiger partial charge in [0.25, 0.3) is 0 Å². The van der Waals surface area contributed by atoms with Crippen molar-refractivity contribution >= 4 is 0 Å². The Bertz CT molecular complexity index is 76.5. The van der Waals surface area contributed by atoms with E-state index in [0.717, 1.165) is 25.7 Å². The molecule has 2 heteroatoms. The van der Waals surface area contributed by atoms with E-state index in [1.54, 1.807) is 0 Å².